The molecule has 122 valence electrons. The Morgan fingerprint density at radius 1 is 1.41 bits per heavy atom. The summed E-state index contributed by atoms with van der Waals surface area (Å²) >= 11 is 0. The van der Waals surface area contributed by atoms with E-state index in [1.165, 1.54) is 5.56 Å². The Labute approximate surface area is 131 Å². The zero-order chi connectivity index (χ0) is 16.3. The molecule has 0 radical (unpaired) electrons. The minimum atomic E-state index is -3.65. The highest BCUT2D eigenvalue weighted by molar-refractivity contribution is 7.89. The Kier molecular flexibility index (Phi) is 5.08. The highest BCUT2D eigenvalue weighted by Crippen LogP contribution is 2.18. The first-order valence-electron chi connectivity index (χ1n) is 7.42. The van der Waals surface area contributed by atoms with Gasteiger partial charge in [-0.25, -0.2) is 13.6 Å². The lowest BCUT2D eigenvalue weighted by Gasteiger charge is -2.26. The summed E-state index contributed by atoms with van der Waals surface area (Å²) in [5, 5.41) is 4.37. The molecule has 22 heavy (non-hydrogen) atoms. The molecule has 1 aliphatic rings. The number of primary sulfonamides is 1. The number of likely N-dealkylation sites (N-methyl/N-ethyl adjacent to an activating group) is 1. The minimum absolute atomic E-state index is 0.00456. The molecule has 1 unspecified atom stereocenters. The highest BCUT2D eigenvalue weighted by Gasteiger charge is 2.36. The zero-order valence-corrected chi connectivity index (χ0v) is 13.8. The van der Waals surface area contributed by atoms with E-state index in [0.717, 1.165) is 12.2 Å². The number of carbonyl (C=O) groups is 1. The van der Waals surface area contributed by atoms with Crippen LogP contribution in [0.5, 0.6) is 0 Å². The third-order valence-electron chi connectivity index (χ3n) is 4.03. The second kappa shape index (κ2) is 6.66. The van der Waals surface area contributed by atoms with E-state index in [1.54, 1.807) is 4.90 Å². The van der Waals surface area contributed by atoms with Crippen LogP contribution in [0, 0.1) is 6.92 Å². The monoisotopic (exact) mass is 325 g/mol. The fourth-order valence-electron chi connectivity index (χ4n) is 2.71. The number of nitrogens with two attached hydrogens (primary N) is 1. The third kappa shape index (κ3) is 3.98. The van der Waals surface area contributed by atoms with Gasteiger partial charge in [0.2, 0.25) is 15.9 Å². The molecule has 2 N–H and O–H groups in total. The van der Waals surface area contributed by atoms with Crippen molar-refractivity contribution in [2.75, 3.05) is 31.1 Å². The number of benzene rings is 1. The fourth-order valence-corrected chi connectivity index (χ4v) is 3.47. The maximum atomic E-state index is 11.9. The largest absolute Gasteiger partial charge is 0.370 e. The molecule has 1 fully saturated rings. The molecule has 0 bridgehead atoms. The maximum absolute atomic E-state index is 11.9. The molecule has 0 spiro atoms. The molecule has 1 atom stereocenters. The summed E-state index contributed by atoms with van der Waals surface area (Å²) in [4.78, 5) is 15.7. The number of amides is 1. The second-order valence-electron chi connectivity index (χ2n) is 5.67. The molecular formula is C15H23N3O3S. The smallest absolute Gasteiger partial charge is 0.224 e. The van der Waals surface area contributed by atoms with Gasteiger partial charge in [0.05, 0.1) is 0 Å². The summed E-state index contributed by atoms with van der Waals surface area (Å²) in [6.45, 7) is 6.29. The van der Waals surface area contributed by atoms with Crippen LogP contribution in [0.2, 0.25) is 0 Å². The molecule has 1 aromatic carbocycles. The number of hydrogen-bond donors (Lipinski definition) is 1. The lowest BCUT2D eigenvalue weighted by Crippen LogP contribution is -2.37. The topological polar surface area (TPSA) is 83.7 Å². The van der Waals surface area contributed by atoms with Crippen molar-refractivity contribution in [3.8, 4) is 0 Å². The van der Waals surface area contributed by atoms with Gasteiger partial charge in [-0.3, -0.25) is 4.79 Å². The molecule has 1 heterocycles. The van der Waals surface area contributed by atoms with Crippen molar-refractivity contribution in [1.82, 2.24) is 4.90 Å². The number of likely N-dealkylation sites (tertiary alicyclic amines) is 1. The minimum Gasteiger partial charge on any atom is -0.370 e. The number of sulfonamides is 1. The molecule has 1 aromatic rings. The average Bonchev–Trinajstić information content (AvgIpc) is 2.81. The molecule has 6 nitrogen and oxygen atoms in total. The molecule has 0 aromatic heterocycles. The number of nitrogens with zero attached hydrogens (tertiary/aromatic N) is 2. The van der Waals surface area contributed by atoms with Crippen LogP contribution in [0.1, 0.15) is 18.9 Å². The maximum Gasteiger partial charge on any atom is 0.224 e. The van der Waals surface area contributed by atoms with E-state index < -0.39 is 15.3 Å². The predicted molar refractivity (Wildman–Crippen MR) is 87.2 cm³/mol. The van der Waals surface area contributed by atoms with E-state index in [9.17, 15) is 13.2 Å². The van der Waals surface area contributed by atoms with Crippen molar-refractivity contribution in [2.45, 2.75) is 25.5 Å². The molecule has 1 saturated heterocycles. The Morgan fingerprint density at radius 2 is 2.14 bits per heavy atom. The van der Waals surface area contributed by atoms with Gasteiger partial charge in [0.1, 0.15) is 5.25 Å². The van der Waals surface area contributed by atoms with Crippen molar-refractivity contribution >= 4 is 21.6 Å². The SMILES string of the molecule is CCN(CCN1CC(S(N)(=O)=O)CC1=O)c1cccc(C)c1. The standard InChI is InChI=1S/C15H23N3O3S/c1-3-17(13-6-4-5-12(2)9-13)7-8-18-11-14(10-15(18)19)22(16,20)21/h4-6,9,14H,3,7-8,10-11H2,1-2H3,(H2,16,20,21). The number of aryl methyl sites for hydroxylation is 1. The highest BCUT2D eigenvalue weighted by atomic mass is 32.2. The average molecular weight is 325 g/mol. The summed E-state index contributed by atoms with van der Waals surface area (Å²) < 4.78 is 22.7. The van der Waals surface area contributed by atoms with Gasteiger partial charge in [0.15, 0.2) is 0 Å². The summed E-state index contributed by atoms with van der Waals surface area (Å²) in [5.74, 6) is -0.140. The summed E-state index contributed by atoms with van der Waals surface area (Å²) in [6.07, 6.45) is -0.00456. The van der Waals surface area contributed by atoms with Gasteiger partial charge in [0, 0.05) is 38.3 Å². The van der Waals surface area contributed by atoms with Gasteiger partial charge >= 0.3 is 0 Å². The molecule has 2 rings (SSSR count). The first-order valence-corrected chi connectivity index (χ1v) is 9.03. The predicted octanol–water partition coefficient (Wildman–Crippen LogP) is 0.711. The normalized spacial score (nSPS) is 18.8. The van der Waals surface area contributed by atoms with E-state index in [-0.39, 0.29) is 18.9 Å². The van der Waals surface area contributed by atoms with Crippen molar-refractivity contribution in [2.24, 2.45) is 5.14 Å². The number of carbonyl (C=O) groups excluding carboxylic acids is 1. The molecule has 0 aliphatic carbocycles. The van der Waals surface area contributed by atoms with Gasteiger partial charge in [-0.2, -0.15) is 0 Å². The van der Waals surface area contributed by atoms with Crippen LogP contribution in [0.25, 0.3) is 0 Å². The third-order valence-corrected chi connectivity index (χ3v) is 5.28. The molecular weight excluding hydrogens is 302 g/mol. The van der Waals surface area contributed by atoms with Gasteiger partial charge in [-0.1, -0.05) is 12.1 Å². The Morgan fingerprint density at radius 3 is 2.68 bits per heavy atom. The van der Waals surface area contributed by atoms with Gasteiger partial charge in [-0.15, -0.1) is 0 Å². The van der Waals surface area contributed by atoms with Crippen LogP contribution in [-0.4, -0.2) is 50.7 Å². The molecule has 1 aliphatic heterocycles. The lowest BCUT2D eigenvalue weighted by molar-refractivity contribution is -0.127. The van der Waals surface area contributed by atoms with Gasteiger partial charge in [-0.05, 0) is 31.5 Å². The Balaban J connectivity index is 1.98. The second-order valence-corrected chi connectivity index (χ2v) is 7.52. The van der Waals surface area contributed by atoms with E-state index in [0.29, 0.717) is 13.1 Å². The molecule has 7 heteroatoms. The first-order chi connectivity index (χ1) is 10.3. The fraction of sp³-hybridized carbons (Fsp3) is 0.533. The Bertz CT molecular complexity index is 645. The van der Waals surface area contributed by atoms with Crippen LogP contribution in [-0.2, 0) is 14.8 Å². The number of hydrogen-bond acceptors (Lipinski definition) is 4. The number of rotatable bonds is 6. The van der Waals surface area contributed by atoms with Crippen LogP contribution in [0.15, 0.2) is 24.3 Å². The molecule has 0 saturated carbocycles. The number of anilines is 1. The van der Waals surface area contributed by atoms with Crippen LogP contribution in [0.3, 0.4) is 0 Å². The zero-order valence-electron chi connectivity index (χ0n) is 13.0. The summed E-state index contributed by atoms with van der Waals surface area (Å²) in [5.41, 5.74) is 2.29. The first kappa shape index (κ1) is 16.8. The van der Waals surface area contributed by atoms with Crippen molar-refractivity contribution in [3.05, 3.63) is 29.8 Å². The quantitative estimate of drug-likeness (QED) is 0.835. The van der Waals surface area contributed by atoms with Crippen LogP contribution >= 0.6 is 0 Å². The van der Waals surface area contributed by atoms with E-state index in [1.807, 2.05) is 25.1 Å². The Hall–Kier alpha value is -1.60. The summed E-state index contributed by atoms with van der Waals surface area (Å²) in [7, 11) is -3.65. The van der Waals surface area contributed by atoms with Crippen molar-refractivity contribution in [1.29, 1.82) is 0 Å². The summed E-state index contributed by atoms with van der Waals surface area (Å²) in [6, 6.07) is 8.18. The van der Waals surface area contributed by atoms with E-state index >= 15 is 0 Å². The van der Waals surface area contributed by atoms with Crippen molar-refractivity contribution in [3.63, 3.8) is 0 Å². The van der Waals surface area contributed by atoms with E-state index in [2.05, 4.69) is 17.9 Å². The molecule has 1 amide bonds. The lowest BCUT2D eigenvalue weighted by atomic mass is 10.2. The van der Waals surface area contributed by atoms with Gasteiger partial charge in [0.25, 0.3) is 0 Å². The van der Waals surface area contributed by atoms with Gasteiger partial charge < -0.3 is 9.80 Å². The van der Waals surface area contributed by atoms with Crippen molar-refractivity contribution < 1.29 is 13.2 Å². The van der Waals surface area contributed by atoms with Crippen LogP contribution in [0.4, 0.5) is 5.69 Å². The van der Waals surface area contributed by atoms with Crippen LogP contribution < -0.4 is 10.0 Å². The van der Waals surface area contributed by atoms with E-state index in [4.69, 9.17) is 5.14 Å².